The number of carbonyl (C=O) groups is 2. The van der Waals surface area contributed by atoms with Crippen LogP contribution in [0.5, 0.6) is 0 Å². The lowest BCUT2D eigenvalue weighted by Gasteiger charge is -2.26. The van der Waals surface area contributed by atoms with E-state index in [9.17, 15) is 9.59 Å². The summed E-state index contributed by atoms with van der Waals surface area (Å²) < 4.78 is 0. The summed E-state index contributed by atoms with van der Waals surface area (Å²) in [5, 5.41) is 1.66. The standard InChI is InChI=1S/C17H17Cl2N3O2S/c1-3-21(2)17(24)15-8-25-9-22(15)16(23)14-7-12(19)11-6-10(18)4-5-13(11)20-14/h4-7,15H,3,8-9H2,1-2H3/t15-/m0/s1. The minimum atomic E-state index is -0.469. The number of aromatic nitrogens is 1. The van der Waals surface area contributed by atoms with Crippen molar-refractivity contribution >= 4 is 57.7 Å². The van der Waals surface area contributed by atoms with Gasteiger partial charge < -0.3 is 9.80 Å². The normalized spacial score (nSPS) is 17.1. The minimum absolute atomic E-state index is 0.0560. The second-order valence-electron chi connectivity index (χ2n) is 5.79. The Bertz CT molecular complexity index is 846. The largest absolute Gasteiger partial charge is 0.344 e. The number of carbonyl (C=O) groups excluding carboxylic acids is 2. The maximum Gasteiger partial charge on any atom is 0.273 e. The molecule has 1 aliphatic heterocycles. The van der Waals surface area contributed by atoms with Crippen molar-refractivity contribution in [1.82, 2.24) is 14.8 Å². The molecule has 0 saturated carbocycles. The highest BCUT2D eigenvalue weighted by molar-refractivity contribution is 7.99. The van der Waals surface area contributed by atoms with Crippen LogP contribution in [0.1, 0.15) is 17.4 Å². The van der Waals surface area contributed by atoms with E-state index in [1.54, 1.807) is 46.8 Å². The number of amides is 2. The van der Waals surface area contributed by atoms with Gasteiger partial charge >= 0.3 is 0 Å². The van der Waals surface area contributed by atoms with Crippen molar-refractivity contribution in [3.05, 3.63) is 40.0 Å². The van der Waals surface area contributed by atoms with Gasteiger partial charge in [0.05, 0.1) is 16.4 Å². The first-order chi connectivity index (χ1) is 11.9. The molecule has 2 heterocycles. The fraction of sp³-hybridized carbons (Fsp3) is 0.353. The van der Waals surface area contributed by atoms with E-state index in [-0.39, 0.29) is 17.5 Å². The SMILES string of the molecule is CCN(C)C(=O)[C@@H]1CSCN1C(=O)c1cc(Cl)c2cc(Cl)ccc2n1. The minimum Gasteiger partial charge on any atom is -0.344 e. The average Bonchev–Trinajstić information content (AvgIpc) is 3.09. The number of nitrogens with zero attached hydrogens (tertiary/aromatic N) is 3. The van der Waals surface area contributed by atoms with Crippen molar-refractivity contribution in [3.63, 3.8) is 0 Å². The third-order valence-corrected chi connectivity index (χ3v) is 5.78. The van der Waals surface area contributed by atoms with Crippen LogP contribution in [0.15, 0.2) is 24.3 Å². The molecule has 1 aromatic carbocycles. The van der Waals surface area contributed by atoms with Crippen LogP contribution in [0.4, 0.5) is 0 Å². The molecule has 0 radical (unpaired) electrons. The van der Waals surface area contributed by atoms with Gasteiger partial charge in [0.25, 0.3) is 5.91 Å². The number of benzene rings is 1. The molecule has 8 heteroatoms. The molecule has 1 fully saturated rings. The lowest BCUT2D eigenvalue weighted by molar-refractivity contribution is -0.133. The Morgan fingerprint density at radius 1 is 1.36 bits per heavy atom. The summed E-state index contributed by atoms with van der Waals surface area (Å²) in [5.41, 5.74) is 0.833. The molecule has 0 aliphatic carbocycles. The Labute approximate surface area is 160 Å². The lowest BCUT2D eigenvalue weighted by atomic mass is 10.1. The fourth-order valence-electron chi connectivity index (χ4n) is 2.67. The summed E-state index contributed by atoms with van der Waals surface area (Å²) in [6.45, 7) is 2.50. The first-order valence-electron chi connectivity index (χ1n) is 7.82. The number of pyridine rings is 1. The second kappa shape index (κ2) is 7.40. The Hall–Kier alpha value is -1.50. The van der Waals surface area contributed by atoms with Gasteiger partial charge in [-0.05, 0) is 31.2 Å². The molecule has 1 atom stereocenters. The van der Waals surface area contributed by atoms with Crippen molar-refractivity contribution in [3.8, 4) is 0 Å². The maximum atomic E-state index is 12.9. The smallest absolute Gasteiger partial charge is 0.273 e. The Morgan fingerprint density at radius 2 is 2.12 bits per heavy atom. The van der Waals surface area contributed by atoms with E-state index in [0.29, 0.717) is 39.1 Å². The fourth-order valence-corrected chi connectivity index (χ4v) is 4.24. The highest BCUT2D eigenvalue weighted by Gasteiger charge is 2.37. The summed E-state index contributed by atoms with van der Waals surface area (Å²) in [4.78, 5) is 33.0. The second-order valence-corrected chi connectivity index (χ2v) is 7.64. The van der Waals surface area contributed by atoms with E-state index in [2.05, 4.69) is 4.98 Å². The van der Waals surface area contributed by atoms with Crippen LogP contribution in [0.2, 0.25) is 10.0 Å². The van der Waals surface area contributed by atoms with Crippen molar-refractivity contribution in [1.29, 1.82) is 0 Å². The average molecular weight is 398 g/mol. The van der Waals surface area contributed by atoms with Gasteiger partial charge in [0.15, 0.2) is 0 Å². The third-order valence-electron chi connectivity index (χ3n) is 4.22. The molecule has 5 nitrogen and oxygen atoms in total. The lowest BCUT2D eigenvalue weighted by Crippen LogP contribution is -2.47. The highest BCUT2D eigenvalue weighted by Crippen LogP contribution is 2.29. The summed E-state index contributed by atoms with van der Waals surface area (Å²) in [7, 11) is 1.74. The van der Waals surface area contributed by atoms with Crippen LogP contribution >= 0.6 is 35.0 Å². The predicted octanol–water partition coefficient (Wildman–Crippen LogP) is 3.54. The quantitative estimate of drug-likeness (QED) is 0.794. The number of likely N-dealkylation sites (N-methyl/N-ethyl adjacent to an activating group) is 1. The van der Waals surface area contributed by atoms with Gasteiger partial charge in [-0.25, -0.2) is 4.98 Å². The van der Waals surface area contributed by atoms with Crippen LogP contribution in [0.25, 0.3) is 10.9 Å². The number of rotatable bonds is 3. The van der Waals surface area contributed by atoms with E-state index >= 15 is 0 Å². The molecule has 1 saturated heterocycles. The van der Waals surface area contributed by atoms with E-state index < -0.39 is 6.04 Å². The molecule has 1 aliphatic rings. The molecule has 0 bridgehead atoms. The van der Waals surface area contributed by atoms with Crippen LogP contribution in [0.3, 0.4) is 0 Å². The number of thioether (sulfide) groups is 1. The van der Waals surface area contributed by atoms with E-state index in [1.165, 1.54) is 6.07 Å². The Morgan fingerprint density at radius 3 is 2.84 bits per heavy atom. The summed E-state index contributed by atoms with van der Waals surface area (Å²) in [5.74, 6) is 0.711. The van der Waals surface area contributed by atoms with Gasteiger partial charge in [-0.2, -0.15) is 0 Å². The van der Waals surface area contributed by atoms with Gasteiger partial charge in [0.2, 0.25) is 5.91 Å². The van der Waals surface area contributed by atoms with E-state index in [4.69, 9.17) is 23.2 Å². The van der Waals surface area contributed by atoms with Crippen LogP contribution < -0.4 is 0 Å². The first kappa shape index (κ1) is 18.3. The summed E-state index contributed by atoms with van der Waals surface area (Å²) in [6, 6.07) is 6.22. The molecule has 132 valence electrons. The molecule has 0 N–H and O–H groups in total. The summed E-state index contributed by atoms with van der Waals surface area (Å²) >= 11 is 13.9. The maximum absolute atomic E-state index is 12.9. The van der Waals surface area contributed by atoms with Gasteiger partial charge in [-0.1, -0.05) is 23.2 Å². The zero-order chi connectivity index (χ0) is 18.1. The molecule has 1 aromatic heterocycles. The molecular formula is C17H17Cl2N3O2S. The van der Waals surface area contributed by atoms with Gasteiger partial charge in [-0.15, -0.1) is 11.8 Å². The third kappa shape index (κ3) is 3.57. The number of halogens is 2. The number of hydrogen-bond acceptors (Lipinski definition) is 4. The van der Waals surface area contributed by atoms with Crippen molar-refractivity contribution in [2.75, 3.05) is 25.2 Å². The number of hydrogen-bond donors (Lipinski definition) is 0. The van der Waals surface area contributed by atoms with Crippen LogP contribution in [0, 0.1) is 0 Å². The summed E-state index contributed by atoms with van der Waals surface area (Å²) in [6.07, 6.45) is 0. The molecule has 0 spiro atoms. The van der Waals surface area contributed by atoms with Gasteiger partial charge in [0, 0.05) is 29.8 Å². The van der Waals surface area contributed by atoms with Crippen LogP contribution in [-0.4, -0.2) is 57.9 Å². The Balaban J connectivity index is 1.93. The highest BCUT2D eigenvalue weighted by atomic mass is 35.5. The van der Waals surface area contributed by atoms with Gasteiger partial charge in [-0.3, -0.25) is 9.59 Å². The zero-order valence-electron chi connectivity index (χ0n) is 13.8. The molecule has 0 unspecified atom stereocenters. The Kier molecular flexibility index (Phi) is 5.41. The molecule has 25 heavy (non-hydrogen) atoms. The van der Waals surface area contributed by atoms with Crippen molar-refractivity contribution < 1.29 is 9.59 Å². The topological polar surface area (TPSA) is 53.5 Å². The van der Waals surface area contributed by atoms with Crippen molar-refractivity contribution in [2.24, 2.45) is 0 Å². The molecular weight excluding hydrogens is 381 g/mol. The molecule has 3 rings (SSSR count). The van der Waals surface area contributed by atoms with Crippen molar-refractivity contribution in [2.45, 2.75) is 13.0 Å². The van der Waals surface area contributed by atoms with Crippen LogP contribution in [-0.2, 0) is 4.79 Å². The monoisotopic (exact) mass is 397 g/mol. The van der Waals surface area contributed by atoms with Gasteiger partial charge in [0.1, 0.15) is 11.7 Å². The van der Waals surface area contributed by atoms with E-state index in [0.717, 1.165) is 0 Å². The predicted molar refractivity (Wildman–Crippen MR) is 102 cm³/mol. The molecule has 2 amide bonds. The molecule has 2 aromatic rings. The number of fused-ring (bicyclic) bond motifs is 1. The first-order valence-corrected chi connectivity index (χ1v) is 9.73. The van der Waals surface area contributed by atoms with E-state index in [1.807, 2.05) is 6.92 Å². The zero-order valence-corrected chi connectivity index (χ0v) is 16.2.